The third kappa shape index (κ3) is 4.95. The molecule has 0 aromatic carbocycles. The first-order chi connectivity index (χ1) is 6.00. The van der Waals surface area contributed by atoms with Crippen molar-refractivity contribution in [3.63, 3.8) is 0 Å². The Balaban J connectivity index is 2.31. The summed E-state index contributed by atoms with van der Waals surface area (Å²) in [6, 6.07) is 0. The van der Waals surface area contributed by atoms with E-state index in [0.717, 1.165) is 0 Å². The Bertz CT molecular complexity index is 172. The molecule has 0 saturated carbocycles. The van der Waals surface area contributed by atoms with Crippen molar-refractivity contribution < 1.29 is 0 Å². The minimum absolute atomic E-state index is 1.18. The van der Waals surface area contributed by atoms with Gasteiger partial charge in [0.05, 0.1) is 0 Å². The predicted molar refractivity (Wildman–Crippen MR) is 55.1 cm³/mol. The molecule has 1 aliphatic rings. The van der Waals surface area contributed by atoms with Crippen LogP contribution in [-0.2, 0) is 0 Å². The normalized spacial score (nSPS) is 22.7. The van der Waals surface area contributed by atoms with Crippen molar-refractivity contribution in [1.29, 1.82) is 0 Å². The minimum atomic E-state index is 1.18. The highest BCUT2D eigenvalue weighted by Crippen LogP contribution is 2.04. The van der Waals surface area contributed by atoms with Crippen LogP contribution in [0.15, 0.2) is 36.5 Å². The summed E-state index contributed by atoms with van der Waals surface area (Å²) >= 11 is 0. The molecule has 0 aromatic rings. The first kappa shape index (κ1) is 9.31. The molecule has 0 atom stereocenters. The van der Waals surface area contributed by atoms with Gasteiger partial charge in [0.2, 0.25) is 0 Å². The molecule has 0 amide bonds. The van der Waals surface area contributed by atoms with Crippen LogP contribution in [-0.4, -0.2) is 0 Å². The third-order valence-electron chi connectivity index (χ3n) is 2.04. The number of allylic oxidation sites excluding steroid dienone is 6. The van der Waals surface area contributed by atoms with Gasteiger partial charge in [0, 0.05) is 0 Å². The maximum atomic E-state index is 2.32. The fourth-order valence-corrected chi connectivity index (χ4v) is 1.30. The first-order valence-electron chi connectivity index (χ1n) is 4.97. The average Bonchev–Trinajstić information content (AvgIpc) is 2.05. The van der Waals surface area contributed by atoms with E-state index in [2.05, 4.69) is 36.5 Å². The van der Waals surface area contributed by atoms with Crippen molar-refractivity contribution >= 4 is 0 Å². The summed E-state index contributed by atoms with van der Waals surface area (Å²) in [4.78, 5) is 0. The van der Waals surface area contributed by atoms with Crippen LogP contribution >= 0.6 is 0 Å². The second kappa shape index (κ2) is 6.90. The van der Waals surface area contributed by atoms with E-state index in [4.69, 9.17) is 0 Å². The van der Waals surface area contributed by atoms with E-state index in [9.17, 15) is 0 Å². The maximum absolute atomic E-state index is 2.32. The molecule has 0 fully saturated rings. The lowest BCUT2D eigenvalue weighted by Crippen LogP contribution is -1.74. The minimum Gasteiger partial charge on any atom is -0.0885 e. The van der Waals surface area contributed by atoms with Crippen molar-refractivity contribution in [3.05, 3.63) is 36.5 Å². The lowest BCUT2D eigenvalue weighted by atomic mass is 10.1. The Kier molecular flexibility index (Phi) is 5.35. The molecule has 1 rings (SSSR count). The Morgan fingerprint density at radius 1 is 0.500 bits per heavy atom. The van der Waals surface area contributed by atoms with Gasteiger partial charge in [-0.25, -0.2) is 0 Å². The second-order valence-electron chi connectivity index (χ2n) is 3.19. The van der Waals surface area contributed by atoms with E-state index in [0.29, 0.717) is 0 Å². The molecule has 0 bridgehead atoms. The van der Waals surface area contributed by atoms with E-state index in [-0.39, 0.29) is 0 Å². The van der Waals surface area contributed by atoms with Crippen LogP contribution in [0.5, 0.6) is 0 Å². The Hall–Kier alpha value is -0.780. The molecule has 1 aliphatic carbocycles. The lowest BCUT2D eigenvalue weighted by molar-refractivity contribution is 0.760. The molecule has 0 heteroatoms. The Morgan fingerprint density at radius 3 is 1.83 bits per heavy atom. The molecular formula is C12H18. The summed E-state index contributed by atoms with van der Waals surface area (Å²) in [7, 11) is 0. The SMILES string of the molecule is C1=CCCCCC=CCC/C=C/1. The molecule has 12 heavy (non-hydrogen) atoms. The molecule has 0 nitrogen and oxygen atoms in total. The Labute approximate surface area is 75.7 Å². The quantitative estimate of drug-likeness (QED) is 0.472. The smallest absolute Gasteiger partial charge is 0.0313 e. The summed E-state index contributed by atoms with van der Waals surface area (Å²) in [5.74, 6) is 0. The van der Waals surface area contributed by atoms with Gasteiger partial charge in [-0.3, -0.25) is 0 Å². The van der Waals surface area contributed by atoms with Gasteiger partial charge in [-0.05, 0) is 38.5 Å². The third-order valence-corrected chi connectivity index (χ3v) is 2.04. The van der Waals surface area contributed by atoms with Crippen LogP contribution in [0.4, 0.5) is 0 Å². The van der Waals surface area contributed by atoms with Gasteiger partial charge in [-0.1, -0.05) is 36.5 Å². The molecule has 0 saturated heterocycles. The first-order valence-corrected chi connectivity index (χ1v) is 4.97. The zero-order valence-electron chi connectivity index (χ0n) is 7.71. The largest absolute Gasteiger partial charge is 0.0885 e. The highest BCUT2D eigenvalue weighted by molar-refractivity contribution is 5.03. The monoisotopic (exact) mass is 162 g/mol. The highest BCUT2D eigenvalue weighted by atomic mass is 13.9. The van der Waals surface area contributed by atoms with Crippen molar-refractivity contribution in [3.8, 4) is 0 Å². The summed E-state index contributed by atoms with van der Waals surface area (Å²) in [5.41, 5.74) is 0. The molecule has 66 valence electrons. The number of hydrogen-bond donors (Lipinski definition) is 0. The summed E-state index contributed by atoms with van der Waals surface area (Å²) in [5, 5.41) is 0. The molecule has 0 aliphatic heterocycles. The summed E-state index contributed by atoms with van der Waals surface area (Å²) < 4.78 is 0. The van der Waals surface area contributed by atoms with E-state index >= 15 is 0 Å². The van der Waals surface area contributed by atoms with Gasteiger partial charge < -0.3 is 0 Å². The zero-order valence-corrected chi connectivity index (χ0v) is 7.71. The van der Waals surface area contributed by atoms with Gasteiger partial charge in [-0.2, -0.15) is 0 Å². The van der Waals surface area contributed by atoms with Crippen LogP contribution in [0.1, 0.15) is 38.5 Å². The van der Waals surface area contributed by atoms with Crippen LogP contribution in [0, 0.1) is 0 Å². The van der Waals surface area contributed by atoms with E-state index in [1.165, 1.54) is 38.5 Å². The summed E-state index contributed by atoms with van der Waals surface area (Å²) in [6.07, 6.45) is 21.0. The average molecular weight is 162 g/mol. The van der Waals surface area contributed by atoms with Crippen LogP contribution in [0.2, 0.25) is 0 Å². The lowest BCUT2D eigenvalue weighted by Gasteiger charge is -1.94. The van der Waals surface area contributed by atoms with Crippen molar-refractivity contribution in [2.45, 2.75) is 38.5 Å². The fourth-order valence-electron chi connectivity index (χ4n) is 1.30. The molecule has 0 N–H and O–H groups in total. The van der Waals surface area contributed by atoms with E-state index in [1.807, 2.05) is 0 Å². The van der Waals surface area contributed by atoms with Crippen molar-refractivity contribution in [2.24, 2.45) is 0 Å². The van der Waals surface area contributed by atoms with Crippen LogP contribution in [0.3, 0.4) is 0 Å². The Morgan fingerprint density at radius 2 is 1.00 bits per heavy atom. The van der Waals surface area contributed by atoms with E-state index < -0.39 is 0 Å². The summed E-state index contributed by atoms with van der Waals surface area (Å²) in [6.45, 7) is 0. The van der Waals surface area contributed by atoms with Crippen molar-refractivity contribution in [1.82, 2.24) is 0 Å². The molecule has 0 radical (unpaired) electrons. The zero-order chi connectivity index (χ0) is 8.49. The van der Waals surface area contributed by atoms with E-state index in [1.54, 1.807) is 0 Å². The number of rotatable bonds is 0. The van der Waals surface area contributed by atoms with Gasteiger partial charge in [0.1, 0.15) is 0 Å². The van der Waals surface area contributed by atoms with Gasteiger partial charge in [0.15, 0.2) is 0 Å². The molecular weight excluding hydrogens is 144 g/mol. The number of hydrogen-bond acceptors (Lipinski definition) is 0. The predicted octanol–water partition coefficient (Wildman–Crippen LogP) is 4.01. The van der Waals surface area contributed by atoms with Gasteiger partial charge in [0.25, 0.3) is 0 Å². The van der Waals surface area contributed by atoms with Gasteiger partial charge in [-0.15, -0.1) is 0 Å². The molecule has 0 spiro atoms. The fraction of sp³-hybridized carbons (Fsp3) is 0.500. The van der Waals surface area contributed by atoms with Crippen LogP contribution in [0.25, 0.3) is 0 Å². The van der Waals surface area contributed by atoms with Crippen molar-refractivity contribution in [2.75, 3.05) is 0 Å². The molecule has 0 heterocycles. The standard InChI is InChI=1S/C12H18/c1-2-4-6-8-10-12-11-9-7-5-3-1/h1-4,9,11H,5-8,10,12H2/b3-1+,4-2?,11-9?. The maximum Gasteiger partial charge on any atom is -0.0313 e. The second-order valence-corrected chi connectivity index (χ2v) is 3.19. The topological polar surface area (TPSA) is 0 Å². The van der Waals surface area contributed by atoms with Gasteiger partial charge >= 0.3 is 0 Å². The highest BCUT2D eigenvalue weighted by Gasteiger charge is 1.84. The molecule has 0 aromatic heterocycles. The molecule has 0 unspecified atom stereocenters. The van der Waals surface area contributed by atoms with Crippen LogP contribution < -0.4 is 0 Å².